The Balaban J connectivity index is 2.32. The lowest BCUT2D eigenvalue weighted by molar-refractivity contribution is 0.873. The maximum Gasteiger partial charge on any atom is 0.129 e. The van der Waals surface area contributed by atoms with Crippen molar-refractivity contribution in [3.05, 3.63) is 42.5 Å². The van der Waals surface area contributed by atoms with Crippen molar-refractivity contribution in [3.8, 4) is 17.2 Å². The molecule has 0 aliphatic rings. The van der Waals surface area contributed by atoms with Crippen LogP contribution < -0.4 is 0 Å². The predicted octanol–water partition coefficient (Wildman–Crippen LogP) is 2.50. The van der Waals surface area contributed by atoms with E-state index < -0.39 is 8.07 Å². The fourth-order valence-corrected chi connectivity index (χ4v) is 1.82. The average molecular weight is 241 g/mol. The molecule has 0 atom stereocenters. The van der Waals surface area contributed by atoms with E-state index in [2.05, 4.69) is 41.2 Å². The van der Waals surface area contributed by atoms with Crippen LogP contribution in [0.2, 0.25) is 19.6 Å². The smallest absolute Gasteiger partial charge is 0.129 e. The van der Waals surface area contributed by atoms with Crippen LogP contribution in [-0.4, -0.2) is 22.8 Å². The van der Waals surface area contributed by atoms with Crippen LogP contribution in [0, 0.1) is 11.5 Å². The molecule has 0 unspecified atom stereocenters. The third-order valence-corrected chi connectivity index (χ3v) is 2.95. The lowest BCUT2D eigenvalue weighted by Gasteiger charge is -2.04. The first kappa shape index (κ1) is 11.6. The van der Waals surface area contributed by atoms with Crippen LogP contribution in [0.25, 0.3) is 5.69 Å². The van der Waals surface area contributed by atoms with Gasteiger partial charge in [-0.2, -0.15) is 5.10 Å². The molecule has 0 aliphatic carbocycles. The van der Waals surface area contributed by atoms with Gasteiger partial charge in [-0.15, -0.1) is 5.54 Å². The van der Waals surface area contributed by atoms with E-state index in [0.29, 0.717) is 0 Å². The highest BCUT2D eigenvalue weighted by molar-refractivity contribution is 6.83. The molecule has 17 heavy (non-hydrogen) atoms. The van der Waals surface area contributed by atoms with E-state index in [9.17, 15) is 0 Å². The summed E-state index contributed by atoms with van der Waals surface area (Å²) in [5.41, 5.74) is 5.22. The molecule has 2 aromatic rings. The number of pyridine rings is 1. The Morgan fingerprint density at radius 1 is 1.24 bits per heavy atom. The predicted molar refractivity (Wildman–Crippen MR) is 71.6 cm³/mol. The molecule has 0 saturated carbocycles. The summed E-state index contributed by atoms with van der Waals surface area (Å²) < 4.78 is 1.78. The van der Waals surface area contributed by atoms with E-state index in [1.165, 1.54) is 0 Å². The summed E-state index contributed by atoms with van der Waals surface area (Å²) in [5.74, 6) is 3.20. The fourth-order valence-electron chi connectivity index (χ4n) is 1.30. The Bertz CT molecular complexity index is 556. The maximum absolute atomic E-state index is 4.19. The van der Waals surface area contributed by atoms with E-state index in [-0.39, 0.29) is 0 Å². The number of hydrogen-bond donors (Lipinski definition) is 0. The summed E-state index contributed by atoms with van der Waals surface area (Å²) in [6, 6.07) is 3.90. The van der Waals surface area contributed by atoms with Crippen LogP contribution in [0.3, 0.4) is 0 Å². The monoisotopic (exact) mass is 241 g/mol. The lowest BCUT2D eigenvalue weighted by Crippen LogP contribution is -2.16. The molecular weight excluding hydrogens is 226 g/mol. The van der Waals surface area contributed by atoms with Crippen LogP contribution in [0.5, 0.6) is 0 Å². The summed E-state index contributed by atoms with van der Waals surface area (Å²) in [4.78, 5) is 4.19. The zero-order chi connectivity index (χ0) is 12.3. The molecule has 3 nitrogen and oxygen atoms in total. The Morgan fingerprint density at radius 2 is 2.06 bits per heavy atom. The quantitative estimate of drug-likeness (QED) is 0.567. The zero-order valence-electron chi connectivity index (χ0n) is 10.3. The Labute approximate surface area is 103 Å². The summed E-state index contributed by atoms with van der Waals surface area (Å²) in [6.07, 6.45) is 7.22. The SMILES string of the molecule is C[Si](C)(C)C#Cc1cncc(-n2cccn2)c1. The molecule has 0 fully saturated rings. The topological polar surface area (TPSA) is 30.7 Å². The third-order valence-electron chi connectivity index (χ3n) is 2.07. The Hall–Kier alpha value is -1.86. The molecule has 4 heteroatoms. The summed E-state index contributed by atoms with van der Waals surface area (Å²) in [5, 5.41) is 4.17. The number of aromatic nitrogens is 3. The van der Waals surface area contributed by atoms with Gasteiger partial charge in [-0.25, -0.2) is 4.68 Å². The highest BCUT2D eigenvalue weighted by Crippen LogP contribution is 2.07. The highest BCUT2D eigenvalue weighted by atomic mass is 28.3. The van der Waals surface area contributed by atoms with Crippen molar-refractivity contribution in [2.75, 3.05) is 0 Å². The van der Waals surface area contributed by atoms with E-state index in [1.807, 2.05) is 18.3 Å². The van der Waals surface area contributed by atoms with Gasteiger partial charge in [0.25, 0.3) is 0 Å². The second kappa shape index (κ2) is 4.56. The van der Waals surface area contributed by atoms with Crippen molar-refractivity contribution < 1.29 is 0 Å². The van der Waals surface area contributed by atoms with Crippen molar-refractivity contribution in [1.29, 1.82) is 0 Å². The second-order valence-electron chi connectivity index (χ2n) is 4.88. The summed E-state index contributed by atoms with van der Waals surface area (Å²) >= 11 is 0. The van der Waals surface area contributed by atoms with Gasteiger partial charge in [-0.3, -0.25) is 4.98 Å². The molecular formula is C13H15N3Si. The highest BCUT2D eigenvalue weighted by Gasteiger charge is 2.07. The maximum atomic E-state index is 4.19. The molecule has 0 aliphatic heterocycles. The number of rotatable bonds is 1. The molecule has 0 amide bonds. The van der Waals surface area contributed by atoms with Gasteiger partial charge in [0.15, 0.2) is 0 Å². The van der Waals surface area contributed by atoms with Gasteiger partial charge in [0.1, 0.15) is 8.07 Å². The van der Waals surface area contributed by atoms with Gasteiger partial charge < -0.3 is 0 Å². The van der Waals surface area contributed by atoms with E-state index in [1.54, 1.807) is 23.3 Å². The van der Waals surface area contributed by atoms with Crippen molar-refractivity contribution >= 4 is 8.07 Å². The first-order chi connectivity index (χ1) is 8.04. The number of hydrogen-bond acceptors (Lipinski definition) is 2. The lowest BCUT2D eigenvalue weighted by atomic mass is 10.3. The van der Waals surface area contributed by atoms with Gasteiger partial charge in [0, 0.05) is 24.2 Å². The molecule has 0 bridgehead atoms. The second-order valence-corrected chi connectivity index (χ2v) is 9.63. The molecule has 2 aromatic heterocycles. The van der Waals surface area contributed by atoms with Crippen LogP contribution in [-0.2, 0) is 0 Å². The fraction of sp³-hybridized carbons (Fsp3) is 0.231. The first-order valence-electron chi connectivity index (χ1n) is 5.53. The van der Waals surface area contributed by atoms with Gasteiger partial charge >= 0.3 is 0 Å². The van der Waals surface area contributed by atoms with Gasteiger partial charge in [0.05, 0.1) is 11.9 Å². The average Bonchev–Trinajstić information content (AvgIpc) is 2.79. The zero-order valence-corrected chi connectivity index (χ0v) is 11.3. The van der Waals surface area contributed by atoms with Gasteiger partial charge in [-0.1, -0.05) is 25.6 Å². The molecule has 0 spiro atoms. The van der Waals surface area contributed by atoms with Gasteiger partial charge in [0.2, 0.25) is 0 Å². The summed E-state index contributed by atoms with van der Waals surface area (Å²) in [7, 11) is -1.33. The standard InChI is InChI=1S/C13H15N3Si/c1-17(2,3)8-5-12-9-13(11-14-10-12)16-7-4-6-15-16/h4,6-7,9-11H,1-3H3. The van der Waals surface area contributed by atoms with E-state index >= 15 is 0 Å². The van der Waals surface area contributed by atoms with E-state index in [4.69, 9.17) is 0 Å². The van der Waals surface area contributed by atoms with Gasteiger partial charge in [-0.05, 0) is 12.1 Å². The van der Waals surface area contributed by atoms with Crippen LogP contribution in [0.15, 0.2) is 36.9 Å². The van der Waals surface area contributed by atoms with Crippen molar-refractivity contribution in [3.63, 3.8) is 0 Å². The van der Waals surface area contributed by atoms with Crippen LogP contribution in [0.1, 0.15) is 5.56 Å². The third kappa shape index (κ3) is 3.30. The normalized spacial score (nSPS) is 10.8. The Kier molecular flexibility index (Phi) is 3.11. The largest absolute Gasteiger partial charge is 0.261 e. The Morgan fingerprint density at radius 3 is 2.71 bits per heavy atom. The molecule has 0 radical (unpaired) electrons. The van der Waals surface area contributed by atoms with Crippen molar-refractivity contribution in [2.45, 2.75) is 19.6 Å². The molecule has 2 rings (SSSR count). The molecule has 0 saturated heterocycles. The molecule has 0 aromatic carbocycles. The van der Waals surface area contributed by atoms with Crippen molar-refractivity contribution in [2.24, 2.45) is 0 Å². The minimum absolute atomic E-state index is 0.942. The number of nitrogens with zero attached hydrogens (tertiary/aromatic N) is 3. The first-order valence-corrected chi connectivity index (χ1v) is 9.03. The molecule has 2 heterocycles. The van der Waals surface area contributed by atoms with Crippen LogP contribution >= 0.6 is 0 Å². The van der Waals surface area contributed by atoms with Crippen LogP contribution in [0.4, 0.5) is 0 Å². The summed E-state index contributed by atoms with van der Waals surface area (Å²) in [6.45, 7) is 6.68. The van der Waals surface area contributed by atoms with Crippen molar-refractivity contribution in [1.82, 2.24) is 14.8 Å². The van der Waals surface area contributed by atoms with E-state index in [0.717, 1.165) is 11.3 Å². The minimum atomic E-state index is -1.33. The minimum Gasteiger partial charge on any atom is -0.261 e. The molecule has 0 N–H and O–H groups in total. The molecule has 86 valence electrons.